The predicted octanol–water partition coefficient (Wildman–Crippen LogP) is 2.50. The Morgan fingerprint density at radius 2 is 2.05 bits per heavy atom. The number of aromatic nitrogens is 3. The van der Waals surface area contributed by atoms with Crippen LogP contribution in [0.1, 0.15) is 16.3 Å². The van der Waals surface area contributed by atoms with Crippen LogP contribution in [0.25, 0.3) is 5.69 Å². The van der Waals surface area contributed by atoms with E-state index in [4.69, 9.17) is 5.26 Å². The number of hydrogen-bond acceptors (Lipinski definition) is 5. The van der Waals surface area contributed by atoms with Crippen molar-refractivity contribution < 1.29 is 5.11 Å². The molecule has 98 valence electrons. The Morgan fingerprint density at radius 1 is 1.25 bits per heavy atom. The van der Waals surface area contributed by atoms with Gasteiger partial charge >= 0.3 is 0 Å². The third kappa shape index (κ3) is 2.27. The minimum Gasteiger partial charge on any atom is -0.508 e. The molecule has 0 amide bonds. The third-order valence-electron chi connectivity index (χ3n) is 2.89. The van der Waals surface area contributed by atoms with Crippen molar-refractivity contribution in [3.8, 4) is 17.5 Å². The number of thiophene rings is 1. The standard InChI is InChI=1S/C14H10N4OS/c15-9-13-14(8-12-2-1-7-20-12)18(17-16-13)10-3-5-11(19)6-4-10/h1-7,19H,8H2. The normalized spacial score (nSPS) is 10.3. The summed E-state index contributed by atoms with van der Waals surface area (Å²) in [6.45, 7) is 0. The monoisotopic (exact) mass is 282 g/mol. The van der Waals surface area contributed by atoms with Gasteiger partial charge in [0.1, 0.15) is 11.8 Å². The Hall–Kier alpha value is -2.65. The van der Waals surface area contributed by atoms with E-state index in [0.717, 1.165) is 16.3 Å². The number of nitriles is 1. The average Bonchev–Trinajstić information content (AvgIpc) is 3.10. The van der Waals surface area contributed by atoms with Crippen LogP contribution in [-0.4, -0.2) is 20.1 Å². The molecule has 0 aliphatic heterocycles. The van der Waals surface area contributed by atoms with Crippen molar-refractivity contribution in [2.45, 2.75) is 6.42 Å². The van der Waals surface area contributed by atoms with Gasteiger partial charge in [-0.05, 0) is 35.7 Å². The van der Waals surface area contributed by atoms with Gasteiger partial charge in [0.2, 0.25) is 0 Å². The molecule has 0 saturated heterocycles. The van der Waals surface area contributed by atoms with Crippen LogP contribution in [0.3, 0.4) is 0 Å². The lowest BCUT2D eigenvalue weighted by atomic mass is 10.2. The number of aromatic hydroxyl groups is 1. The first-order valence-electron chi connectivity index (χ1n) is 5.94. The summed E-state index contributed by atoms with van der Waals surface area (Å²) in [7, 11) is 0. The van der Waals surface area contributed by atoms with E-state index in [1.807, 2.05) is 17.5 Å². The fourth-order valence-electron chi connectivity index (χ4n) is 1.93. The lowest BCUT2D eigenvalue weighted by molar-refractivity contribution is 0.475. The minimum absolute atomic E-state index is 0.189. The van der Waals surface area contributed by atoms with Crippen LogP contribution in [0.15, 0.2) is 41.8 Å². The maximum Gasteiger partial charge on any atom is 0.186 e. The summed E-state index contributed by atoms with van der Waals surface area (Å²) in [5.41, 5.74) is 1.84. The van der Waals surface area contributed by atoms with Crippen LogP contribution in [0.4, 0.5) is 0 Å². The molecule has 0 radical (unpaired) electrons. The van der Waals surface area contributed by atoms with Crippen molar-refractivity contribution in [2.24, 2.45) is 0 Å². The molecule has 0 bridgehead atoms. The first-order chi connectivity index (χ1) is 9.78. The summed E-state index contributed by atoms with van der Waals surface area (Å²) in [4.78, 5) is 1.14. The van der Waals surface area contributed by atoms with E-state index in [1.54, 1.807) is 40.3 Å². The molecule has 2 aromatic heterocycles. The highest BCUT2D eigenvalue weighted by Gasteiger charge is 2.15. The molecule has 20 heavy (non-hydrogen) atoms. The van der Waals surface area contributed by atoms with Gasteiger partial charge < -0.3 is 5.11 Å². The quantitative estimate of drug-likeness (QED) is 0.801. The lowest BCUT2D eigenvalue weighted by Gasteiger charge is -2.05. The van der Waals surface area contributed by atoms with Gasteiger partial charge in [-0.2, -0.15) is 5.26 Å². The first-order valence-corrected chi connectivity index (χ1v) is 6.82. The molecule has 3 aromatic rings. The van der Waals surface area contributed by atoms with E-state index in [0.29, 0.717) is 12.1 Å². The molecular weight excluding hydrogens is 272 g/mol. The van der Waals surface area contributed by atoms with Crippen molar-refractivity contribution in [2.75, 3.05) is 0 Å². The molecule has 0 fully saturated rings. The van der Waals surface area contributed by atoms with Crippen LogP contribution >= 0.6 is 11.3 Å². The summed E-state index contributed by atoms with van der Waals surface area (Å²) >= 11 is 1.63. The van der Waals surface area contributed by atoms with Gasteiger partial charge in [0.15, 0.2) is 5.69 Å². The van der Waals surface area contributed by atoms with E-state index in [-0.39, 0.29) is 5.75 Å². The third-order valence-corrected chi connectivity index (χ3v) is 3.76. The van der Waals surface area contributed by atoms with Gasteiger partial charge in [-0.3, -0.25) is 0 Å². The molecular formula is C14H10N4OS. The fraction of sp³-hybridized carbons (Fsp3) is 0.0714. The van der Waals surface area contributed by atoms with Crippen LogP contribution in [0.5, 0.6) is 5.75 Å². The second-order valence-corrected chi connectivity index (χ2v) is 5.21. The van der Waals surface area contributed by atoms with Crippen molar-refractivity contribution >= 4 is 11.3 Å². The highest BCUT2D eigenvalue weighted by Crippen LogP contribution is 2.20. The number of benzene rings is 1. The van der Waals surface area contributed by atoms with Crippen LogP contribution in [0.2, 0.25) is 0 Å². The molecule has 5 nitrogen and oxygen atoms in total. The molecule has 0 unspecified atom stereocenters. The van der Waals surface area contributed by atoms with E-state index in [1.165, 1.54) is 0 Å². The van der Waals surface area contributed by atoms with Gasteiger partial charge in [0.25, 0.3) is 0 Å². The molecule has 1 N–H and O–H groups in total. The number of phenolic OH excluding ortho intramolecular Hbond substituents is 1. The molecule has 6 heteroatoms. The molecule has 0 aliphatic carbocycles. The molecule has 0 atom stereocenters. The summed E-state index contributed by atoms with van der Waals surface area (Å²) < 4.78 is 1.64. The zero-order valence-electron chi connectivity index (χ0n) is 10.4. The molecule has 1 aromatic carbocycles. The molecule has 0 saturated carbocycles. The van der Waals surface area contributed by atoms with Gasteiger partial charge in [-0.25, -0.2) is 4.68 Å². The zero-order chi connectivity index (χ0) is 13.9. The largest absolute Gasteiger partial charge is 0.508 e. The number of hydrogen-bond donors (Lipinski definition) is 1. The van der Waals surface area contributed by atoms with Crippen LogP contribution in [0, 0.1) is 11.3 Å². The number of phenols is 1. The van der Waals surface area contributed by atoms with E-state index in [9.17, 15) is 5.11 Å². The van der Waals surface area contributed by atoms with E-state index >= 15 is 0 Å². The zero-order valence-corrected chi connectivity index (χ0v) is 11.2. The van der Waals surface area contributed by atoms with E-state index < -0.39 is 0 Å². The Labute approximate surface area is 119 Å². The molecule has 3 rings (SSSR count). The average molecular weight is 282 g/mol. The minimum atomic E-state index is 0.189. The van der Waals surface area contributed by atoms with Gasteiger partial charge in [0, 0.05) is 11.3 Å². The predicted molar refractivity (Wildman–Crippen MR) is 74.9 cm³/mol. The van der Waals surface area contributed by atoms with Crippen molar-refractivity contribution in [3.63, 3.8) is 0 Å². The van der Waals surface area contributed by atoms with E-state index in [2.05, 4.69) is 16.4 Å². The van der Waals surface area contributed by atoms with Gasteiger partial charge in [-0.1, -0.05) is 11.3 Å². The first kappa shape index (κ1) is 12.4. The summed E-state index contributed by atoms with van der Waals surface area (Å²) in [6.07, 6.45) is 0.606. The van der Waals surface area contributed by atoms with Crippen molar-refractivity contribution in [1.82, 2.24) is 15.0 Å². The lowest BCUT2D eigenvalue weighted by Crippen LogP contribution is -2.03. The van der Waals surface area contributed by atoms with Crippen LogP contribution < -0.4 is 0 Å². The van der Waals surface area contributed by atoms with Gasteiger partial charge in [0.05, 0.1) is 11.4 Å². The summed E-state index contributed by atoms with van der Waals surface area (Å²) in [5, 5.41) is 28.4. The Bertz CT molecular complexity index is 754. The van der Waals surface area contributed by atoms with Crippen molar-refractivity contribution in [3.05, 3.63) is 58.0 Å². The maximum absolute atomic E-state index is 9.34. The highest BCUT2D eigenvalue weighted by atomic mass is 32.1. The van der Waals surface area contributed by atoms with Gasteiger partial charge in [-0.15, -0.1) is 16.4 Å². The SMILES string of the molecule is N#Cc1nnn(-c2ccc(O)cc2)c1Cc1cccs1. The number of rotatable bonds is 3. The second-order valence-electron chi connectivity index (χ2n) is 4.18. The fourth-order valence-corrected chi connectivity index (χ4v) is 2.64. The molecule has 2 heterocycles. The second kappa shape index (κ2) is 5.15. The Balaban J connectivity index is 2.05. The summed E-state index contributed by atoms with van der Waals surface area (Å²) in [5.74, 6) is 0.189. The molecule has 0 spiro atoms. The van der Waals surface area contributed by atoms with Crippen molar-refractivity contribution in [1.29, 1.82) is 5.26 Å². The summed E-state index contributed by atoms with van der Waals surface area (Å²) in [6, 6.07) is 12.7. The Morgan fingerprint density at radius 3 is 2.70 bits per heavy atom. The highest BCUT2D eigenvalue weighted by molar-refractivity contribution is 7.09. The number of nitrogens with zero attached hydrogens (tertiary/aromatic N) is 4. The molecule has 0 aliphatic rings. The maximum atomic E-state index is 9.34. The Kier molecular flexibility index (Phi) is 3.19. The topological polar surface area (TPSA) is 74.7 Å². The smallest absolute Gasteiger partial charge is 0.186 e. The van der Waals surface area contributed by atoms with Crippen LogP contribution in [-0.2, 0) is 6.42 Å².